The number of aromatic nitrogens is 2. The van der Waals surface area contributed by atoms with Crippen molar-refractivity contribution in [1.82, 2.24) is 9.97 Å². The van der Waals surface area contributed by atoms with Gasteiger partial charge in [-0.3, -0.25) is 9.10 Å². The van der Waals surface area contributed by atoms with Crippen LogP contribution in [0.15, 0.2) is 53.4 Å². The molecule has 2 N–H and O–H groups in total. The molecular formula is C23H27N5O5S2. The van der Waals surface area contributed by atoms with Crippen molar-refractivity contribution in [3.8, 4) is 0 Å². The Labute approximate surface area is 205 Å². The first-order valence-corrected chi connectivity index (χ1v) is 13.9. The molecule has 3 aromatic rings. The molecule has 0 saturated carbocycles. The molecule has 2 aromatic carbocycles. The van der Waals surface area contributed by atoms with Crippen molar-refractivity contribution in [2.45, 2.75) is 32.6 Å². The Balaban J connectivity index is 1.75. The van der Waals surface area contributed by atoms with Gasteiger partial charge in [0.25, 0.3) is 10.0 Å². The maximum Gasteiger partial charge on any atom is 0.264 e. The van der Waals surface area contributed by atoms with E-state index < -0.39 is 32.5 Å². The second kappa shape index (κ2) is 10.0. The molecule has 0 radical (unpaired) electrons. The van der Waals surface area contributed by atoms with E-state index in [1.165, 1.54) is 24.3 Å². The van der Waals surface area contributed by atoms with E-state index in [0.29, 0.717) is 22.8 Å². The number of sulfonamides is 2. The van der Waals surface area contributed by atoms with Gasteiger partial charge in [0, 0.05) is 17.1 Å². The van der Waals surface area contributed by atoms with Crippen LogP contribution in [0.1, 0.15) is 22.5 Å². The molecular weight excluding hydrogens is 490 g/mol. The normalized spacial score (nSPS) is 11.7. The standard InChI is InChI=1S/C23H27N5O5S2/c1-15-7-6-8-16(2)22(15)28(34(5,30)31)14-21(29)26-19-9-11-20(12-10-19)35(32,33)27-23-24-17(3)13-18(4)25-23/h6-13H,14H2,1-5H3,(H,26,29)(H,24,25,27). The number of carbonyl (C=O) groups is 1. The molecule has 3 rings (SSSR count). The highest BCUT2D eigenvalue weighted by Gasteiger charge is 2.24. The Morgan fingerprint density at radius 3 is 1.94 bits per heavy atom. The van der Waals surface area contributed by atoms with Crippen LogP contribution in [-0.2, 0) is 24.8 Å². The number of carbonyl (C=O) groups excluding carboxylic acids is 1. The molecule has 0 unspecified atom stereocenters. The number of rotatable bonds is 8. The second-order valence-electron chi connectivity index (χ2n) is 8.16. The van der Waals surface area contributed by atoms with Gasteiger partial charge in [0.1, 0.15) is 6.54 Å². The van der Waals surface area contributed by atoms with Crippen molar-refractivity contribution < 1.29 is 21.6 Å². The summed E-state index contributed by atoms with van der Waals surface area (Å²) in [5, 5.41) is 2.61. The number of anilines is 3. The summed E-state index contributed by atoms with van der Waals surface area (Å²) < 4.78 is 53.6. The monoisotopic (exact) mass is 517 g/mol. The molecule has 1 heterocycles. The van der Waals surface area contributed by atoms with E-state index in [-0.39, 0.29) is 10.8 Å². The Bertz CT molecular complexity index is 1430. The smallest absolute Gasteiger partial charge is 0.264 e. The Morgan fingerprint density at radius 2 is 1.43 bits per heavy atom. The summed E-state index contributed by atoms with van der Waals surface area (Å²) in [4.78, 5) is 20.8. The van der Waals surface area contributed by atoms with Crippen molar-refractivity contribution >= 4 is 43.3 Å². The van der Waals surface area contributed by atoms with Crippen molar-refractivity contribution in [2.24, 2.45) is 0 Å². The lowest BCUT2D eigenvalue weighted by Crippen LogP contribution is -2.38. The minimum atomic E-state index is -3.95. The molecule has 0 fully saturated rings. The topological polar surface area (TPSA) is 138 Å². The predicted molar refractivity (Wildman–Crippen MR) is 135 cm³/mol. The number of nitrogens with zero attached hydrogens (tertiary/aromatic N) is 3. The number of aryl methyl sites for hydroxylation is 4. The lowest BCUT2D eigenvalue weighted by molar-refractivity contribution is -0.114. The number of para-hydroxylation sites is 1. The molecule has 35 heavy (non-hydrogen) atoms. The van der Waals surface area contributed by atoms with Gasteiger partial charge in [-0.05, 0) is 69.2 Å². The highest BCUT2D eigenvalue weighted by Crippen LogP contribution is 2.26. The first-order valence-electron chi connectivity index (χ1n) is 10.6. The van der Waals surface area contributed by atoms with E-state index in [4.69, 9.17) is 0 Å². The molecule has 0 spiro atoms. The van der Waals surface area contributed by atoms with Crippen LogP contribution in [0.3, 0.4) is 0 Å². The number of hydrogen-bond acceptors (Lipinski definition) is 7. The average molecular weight is 518 g/mol. The fraction of sp³-hybridized carbons (Fsp3) is 0.261. The summed E-state index contributed by atoms with van der Waals surface area (Å²) in [6.07, 6.45) is 1.04. The third-order valence-corrected chi connectivity index (χ3v) is 7.49. The van der Waals surface area contributed by atoms with Gasteiger partial charge in [0.05, 0.1) is 16.8 Å². The van der Waals surface area contributed by atoms with Gasteiger partial charge >= 0.3 is 0 Å². The minimum Gasteiger partial charge on any atom is -0.325 e. The van der Waals surface area contributed by atoms with Crippen molar-refractivity contribution in [2.75, 3.05) is 27.1 Å². The first-order chi connectivity index (χ1) is 16.3. The fourth-order valence-corrected chi connectivity index (χ4v) is 5.48. The Kier molecular flexibility index (Phi) is 7.46. The number of hydrogen-bond donors (Lipinski definition) is 2. The molecule has 0 aliphatic carbocycles. The molecule has 10 nitrogen and oxygen atoms in total. The zero-order chi connectivity index (χ0) is 26.0. The molecule has 186 valence electrons. The Morgan fingerprint density at radius 1 is 0.886 bits per heavy atom. The van der Waals surface area contributed by atoms with Crippen LogP contribution >= 0.6 is 0 Å². The van der Waals surface area contributed by atoms with E-state index in [1.807, 2.05) is 6.07 Å². The van der Waals surface area contributed by atoms with Crippen LogP contribution in [0.25, 0.3) is 0 Å². The van der Waals surface area contributed by atoms with Gasteiger partial charge in [-0.15, -0.1) is 0 Å². The maximum absolute atomic E-state index is 12.7. The molecule has 0 bridgehead atoms. The highest BCUT2D eigenvalue weighted by atomic mass is 32.2. The quantitative estimate of drug-likeness (QED) is 0.468. The van der Waals surface area contributed by atoms with Gasteiger partial charge < -0.3 is 5.32 Å². The molecule has 0 aliphatic heterocycles. The molecule has 1 amide bonds. The third kappa shape index (κ3) is 6.55. The minimum absolute atomic E-state index is 0.0350. The van der Waals surface area contributed by atoms with Gasteiger partial charge in [0.15, 0.2) is 0 Å². The maximum atomic E-state index is 12.7. The van der Waals surface area contributed by atoms with Crippen LogP contribution in [-0.4, -0.2) is 45.5 Å². The third-order valence-electron chi connectivity index (χ3n) is 5.03. The van der Waals surface area contributed by atoms with E-state index in [9.17, 15) is 21.6 Å². The molecule has 1 aromatic heterocycles. The van der Waals surface area contributed by atoms with Crippen LogP contribution in [0.4, 0.5) is 17.3 Å². The lowest BCUT2D eigenvalue weighted by atomic mass is 10.1. The fourth-order valence-electron chi connectivity index (χ4n) is 3.56. The summed E-state index contributed by atoms with van der Waals surface area (Å²) in [5.74, 6) is -0.609. The predicted octanol–water partition coefficient (Wildman–Crippen LogP) is 2.92. The molecule has 0 atom stereocenters. The van der Waals surface area contributed by atoms with Crippen molar-refractivity contribution in [3.63, 3.8) is 0 Å². The summed E-state index contributed by atoms with van der Waals surface area (Å²) in [7, 11) is -7.69. The van der Waals surface area contributed by atoms with E-state index in [2.05, 4.69) is 20.0 Å². The average Bonchev–Trinajstić information content (AvgIpc) is 2.71. The lowest BCUT2D eigenvalue weighted by Gasteiger charge is -2.25. The molecule has 0 aliphatic rings. The van der Waals surface area contributed by atoms with Gasteiger partial charge in [0.2, 0.25) is 21.9 Å². The van der Waals surface area contributed by atoms with Gasteiger partial charge in [-0.2, -0.15) is 0 Å². The van der Waals surface area contributed by atoms with Crippen molar-refractivity contribution in [3.05, 3.63) is 71.0 Å². The molecule has 12 heteroatoms. The second-order valence-corrected chi connectivity index (χ2v) is 11.8. The number of nitrogens with one attached hydrogen (secondary N) is 2. The number of amides is 1. The van der Waals surface area contributed by atoms with Gasteiger partial charge in [-0.1, -0.05) is 18.2 Å². The van der Waals surface area contributed by atoms with Crippen LogP contribution in [0.2, 0.25) is 0 Å². The van der Waals surface area contributed by atoms with Crippen LogP contribution in [0.5, 0.6) is 0 Å². The van der Waals surface area contributed by atoms with E-state index >= 15 is 0 Å². The van der Waals surface area contributed by atoms with Gasteiger partial charge in [-0.25, -0.2) is 31.5 Å². The zero-order valence-corrected chi connectivity index (χ0v) is 21.7. The van der Waals surface area contributed by atoms with E-state index in [0.717, 1.165) is 21.7 Å². The first kappa shape index (κ1) is 26.1. The summed E-state index contributed by atoms with van der Waals surface area (Å²) >= 11 is 0. The summed E-state index contributed by atoms with van der Waals surface area (Å²) in [5.41, 5.74) is 3.45. The summed E-state index contributed by atoms with van der Waals surface area (Å²) in [6, 6.07) is 12.5. The Hall–Kier alpha value is -3.51. The largest absolute Gasteiger partial charge is 0.325 e. The number of benzene rings is 2. The van der Waals surface area contributed by atoms with Crippen molar-refractivity contribution in [1.29, 1.82) is 0 Å². The van der Waals surface area contributed by atoms with Crippen LogP contribution < -0.4 is 14.3 Å². The van der Waals surface area contributed by atoms with Crippen LogP contribution in [0, 0.1) is 27.7 Å². The SMILES string of the molecule is Cc1cc(C)nc(NS(=O)(=O)c2ccc(NC(=O)CN(c3c(C)cccc3C)S(C)(=O)=O)cc2)n1. The summed E-state index contributed by atoms with van der Waals surface area (Å²) in [6.45, 7) is 6.57. The van der Waals surface area contributed by atoms with E-state index in [1.54, 1.807) is 45.9 Å². The zero-order valence-electron chi connectivity index (χ0n) is 20.0. The molecule has 0 saturated heterocycles. The highest BCUT2D eigenvalue weighted by molar-refractivity contribution is 7.92.